The lowest BCUT2D eigenvalue weighted by molar-refractivity contribution is 0.355. The maximum absolute atomic E-state index is 3.46. The molecule has 1 nitrogen and oxygen atoms in total. The van der Waals surface area contributed by atoms with Gasteiger partial charge in [-0.25, -0.2) is 0 Å². The minimum absolute atomic E-state index is 0.618. The highest BCUT2D eigenvalue weighted by atomic mass is 14.9. The van der Waals surface area contributed by atoms with E-state index in [9.17, 15) is 0 Å². The molecule has 0 atom stereocenters. The van der Waals surface area contributed by atoms with Gasteiger partial charge in [-0.15, -0.1) is 0 Å². The first kappa shape index (κ1) is 13.8. The zero-order valence-electron chi connectivity index (χ0n) is 11.4. The molecule has 1 aliphatic carbocycles. The van der Waals surface area contributed by atoms with Gasteiger partial charge in [0.2, 0.25) is 0 Å². The molecule has 0 aromatic rings. The molecule has 0 aromatic carbocycles. The van der Waals surface area contributed by atoms with E-state index in [0.717, 1.165) is 12.5 Å². The topological polar surface area (TPSA) is 12.0 Å². The highest BCUT2D eigenvalue weighted by Crippen LogP contribution is 2.28. The van der Waals surface area contributed by atoms with Crippen LogP contribution in [0.15, 0.2) is 11.6 Å². The summed E-state index contributed by atoms with van der Waals surface area (Å²) in [4.78, 5) is 0. The molecule has 0 aliphatic heterocycles. The van der Waals surface area contributed by atoms with Gasteiger partial charge in [0.15, 0.2) is 0 Å². The van der Waals surface area contributed by atoms with Crippen LogP contribution in [-0.2, 0) is 0 Å². The molecular formula is C15H29N. The average molecular weight is 223 g/mol. The summed E-state index contributed by atoms with van der Waals surface area (Å²) < 4.78 is 0. The zero-order valence-corrected chi connectivity index (χ0v) is 11.4. The van der Waals surface area contributed by atoms with Crippen LogP contribution < -0.4 is 5.32 Å². The van der Waals surface area contributed by atoms with Crippen molar-refractivity contribution >= 4 is 0 Å². The highest BCUT2D eigenvalue weighted by molar-refractivity contribution is 4.99. The average Bonchev–Trinajstić information content (AvgIpc) is 2.25. The third-order valence-electron chi connectivity index (χ3n) is 3.53. The van der Waals surface area contributed by atoms with Gasteiger partial charge in [0, 0.05) is 6.04 Å². The number of nitrogens with one attached hydrogen (secondary N) is 1. The van der Waals surface area contributed by atoms with Crippen molar-refractivity contribution < 1.29 is 0 Å². The van der Waals surface area contributed by atoms with Crippen LogP contribution in [-0.4, -0.2) is 12.6 Å². The Morgan fingerprint density at radius 3 is 2.56 bits per heavy atom. The largest absolute Gasteiger partial charge is 0.314 e. The lowest BCUT2D eigenvalue weighted by Crippen LogP contribution is -2.23. The normalized spacial score (nSPS) is 19.4. The zero-order chi connectivity index (χ0) is 11.8. The standard InChI is InChI=1S/C15H29N/c1-13(2)16-11-7-8-14(3)12-15-9-5-4-6-10-15/h8,13,15-16H,4-7,9-12H2,1-3H3. The molecular weight excluding hydrogens is 194 g/mol. The Labute approximate surface area is 102 Å². The molecule has 0 amide bonds. The van der Waals surface area contributed by atoms with Crippen LogP contribution in [0.25, 0.3) is 0 Å². The summed E-state index contributed by atoms with van der Waals surface area (Å²) in [6.45, 7) is 7.85. The van der Waals surface area contributed by atoms with Crippen LogP contribution in [0.5, 0.6) is 0 Å². The number of hydrogen-bond acceptors (Lipinski definition) is 1. The maximum atomic E-state index is 3.46. The van der Waals surface area contributed by atoms with E-state index >= 15 is 0 Å². The second kappa shape index (κ2) is 7.89. The minimum Gasteiger partial charge on any atom is -0.314 e. The van der Waals surface area contributed by atoms with Crippen LogP contribution in [0.1, 0.15) is 65.7 Å². The van der Waals surface area contributed by atoms with Crippen molar-refractivity contribution in [1.82, 2.24) is 5.32 Å². The molecule has 16 heavy (non-hydrogen) atoms. The van der Waals surface area contributed by atoms with E-state index in [1.807, 2.05) is 0 Å². The van der Waals surface area contributed by atoms with Gasteiger partial charge in [-0.1, -0.05) is 57.6 Å². The third kappa shape index (κ3) is 6.32. The maximum Gasteiger partial charge on any atom is 0.00105 e. The van der Waals surface area contributed by atoms with Crippen LogP contribution >= 0.6 is 0 Å². The molecule has 0 heterocycles. The SMILES string of the molecule is CC(=CCCNC(C)C)CC1CCCCC1. The fraction of sp³-hybridized carbons (Fsp3) is 0.867. The second-order valence-corrected chi connectivity index (χ2v) is 5.66. The summed E-state index contributed by atoms with van der Waals surface area (Å²) >= 11 is 0. The first-order chi connectivity index (χ1) is 7.68. The lowest BCUT2D eigenvalue weighted by atomic mass is 9.85. The van der Waals surface area contributed by atoms with Crippen molar-refractivity contribution in [3.8, 4) is 0 Å². The first-order valence-electron chi connectivity index (χ1n) is 7.07. The minimum atomic E-state index is 0.618. The van der Waals surface area contributed by atoms with Gasteiger partial charge < -0.3 is 5.32 Å². The molecule has 1 saturated carbocycles. The van der Waals surface area contributed by atoms with Crippen molar-refractivity contribution in [2.75, 3.05) is 6.54 Å². The van der Waals surface area contributed by atoms with Crippen LogP contribution in [0.3, 0.4) is 0 Å². The molecule has 0 saturated heterocycles. The van der Waals surface area contributed by atoms with Crippen molar-refractivity contribution in [2.24, 2.45) is 5.92 Å². The Bertz CT molecular complexity index is 199. The van der Waals surface area contributed by atoms with E-state index in [1.165, 1.54) is 44.9 Å². The molecule has 1 aliphatic rings. The lowest BCUT2D eigenvalue weighted by Gasteiger charge is -2.21. The molecule has 0 radical (unpaired) electrons. The molecule has 94 valence electrons. The first-order valence-corrected chi connectivity index (χ1v) is 7.07. The van der Waals surface area contributed by atoms with Crippen LogP contribution in [0.2, 0.25) is 0 Å². The summed E-state index contributed by atoms with van der Waals surface area (Å²) in [5.41, 5.74) is 1.61. The smallest absolute Gasteiger partial charge is 0.00105 e. The fourth-order valence-corrected chi connectivity index (χ4v) is 2.62. The third-order valence-corrected chi connectivity index (χ3v) is 3.53. The highest BCUT2D eigenvalue weighted by Gasteiger charge is 2.13. The van der Waals surface area contributed by atoms with Crippen LogP contribution in [0.4, 0.5) is 0 Å². The summed E-state index contributed by atoms with van der Waals surface area (Å²) in [6, 6.07) is 0.618. The van der Waals surface area contributed by atoms with Crippen molar-refractivity contribution in [3.63, 3.8) is 0 Å². The second-order valence-electron chi connectivity index (χ2n) is 5.66. The Morgan fingerprint density at radius 1 is 1.25 bits per heavy atom. The van der Waals surface area contributed by atoms with Gasteiger partial charge in [-0.05, 0) is 32.2 Å². The van der Waals surface area contributed by atoms with E-state index < -0.39 is 0 Å². The predicted molar refractivity (Wildman–Crippen MR) is 72.7 cm³/mol. The van der Waals surface area contributed by atoms with Crippen molar-refractivity contribution in [3.05, 3.63) is 11.6 Å². The van der Waals surface area contributed by atoms with Crippen molar-refractivity contribution in [1.29, 1.82) is 0 Å². The monoisotopic (exact) mass is 223 g/mol. The van der Waals surface area contributed by atoms with E-state index in [0.29, 0.717) is 6.04 Å². The van der Waals surface area contributed by atoms with E-state index in [2.05, 4.69) is 32.2 Å². The number of rotatable bonds is 6. The predicted octanol–water partition coefficient (Wildman–Crippen LogP) is 4.29. The van der Waals surface area contributed by atoms with Gasteiger partial charge in [0.1, 0.15) is 0 Å². The number of hydrogen-bond donors (Lipinski definition) is 1. The van der Waals surface area contributed by atoms with Gasteiger partial charge in [-0.3, -0.25) is 0 Å². The summed E-state index contributed by atoms with van der Waals surface area (Å²) in [6.07, 6.45) is 12.3. The summed E-state index contributed by atoms with van der Waals surface area (Å²) in [5.74, 6) is 0.989. The van der Waals surface area contributed by atoms with Crippen LogP contribution in [0, 0.1) is 5.92 Å². The number of allylic oxidation sites excluding steroid dienone is 1. The van der Waals surface area contributed by atoms with E-state index in [4.69, 9.17) is 0 Å². The van der Waals surface area contributed by atoms with Gasteiger partial charge in [0.05, 0.1) is 0 Å². The Balaban J connectivity index is 2.12. The van der Waals surface area contributed by atoms with Crippen molar-refractivity contribution in [2.45, 2.75) is 71.8 Å². The summed E-state index contributed by atoms with van der Waals surface area (Å²) in [5, 5.41) is 3.46. The Hall–Kier alpha value is -0.300. The van der Waals surface area contributed by atoms with Gasteiger partial charge in [-0.2, -0.15) is 0 Å². The van der Waals surface area contributed by atoms with Gasteiger partial charge >= 0.3 is 0 Å². The summed E-state index contributed by atoms with van der Waals surface area (Å²) in [7, 11) is 0. The molecule has 1 fully saturated rings. The molecule has 1 rings (SSSR count). The quantitative estimate of drug-likeness (QED) is 0.523. The molecule has 1 heteroatoms. The van der Waals surface area contributed by atoms with E-state index in [-0.39, 0.29) is 0 Å². The Kier molecular flexibility index (Phi) is 6.79. The van der Waals surface area contributed by atoms with E-state index in [1.54, 1.807) is 5.57 Å². The molecule has 0 bridgehead atoms. The molecule has 1 N–H and O–H groups in total. The fourth-order valence-electron chi connectivity index (χ4n) is 2.62. The molecule has 0 aromatic heterocycles. The molecule has 0 unspecified atom stereocenters. The molecule has 0 spiro atoms. The Morgan fingerprint density at radius 2 is 1.94 bits per heavy atom. The van der Waals surface area contributed by atoms with Gasteiger partial charge in [0.25, 0.3) is 0 Å².